The summed E-state index contributed by atoms with van der Waals surface area (Å²) in [5.41, 5.74) is 14.6. The number of carbonyl (C=O) groups is 3. The Balaban J connectivity index is 0.000000476. The number of hydrogen-bond donors (Lipinski definition) is 3. The maximum Gasteiger partial charge on any atom is 0.407 e. The molecule has 1 unspecified atom stereocenters. The monoisotopic (exact) mass is 738 g/mol. The van der Waals surface area contributed by atoms with Crippen LogP contribution in [0, 0.1) is 12.8 Å². The van der Waals surface area contributed by atoms with E-state index in [1.54, 1.807) is 20.8 Å². The van der Waals surface area contributed by atoms with Crippen molar-refractivity contribution >= 4 is 18.2 Å². The normalized spacial score (nSPS) is 12.3. The number of aliphatic hydroxyl groups is 1. The summed E-state index contributed by atoms with van der Waals surface area (Å²) in [5.74, 6) is 0.558. The number of carbonyl (C=O) groups excluding carboxylic acids is 3. The van der Waals surface area contributed by atoms with Crippen LogP contribution in [0.2, 0.25) is 0 Å². The molecule has 0 radical (unpaired) electrons. The molecule has 290 valence electrons. The summed E-state index contributed by atoms with van der Waals surface area (Å²) >= 11 is 0. The number of primary amides is 1. The lowest BCUT2D eigenvalue weighted by atomic mass is 9.93. The Labute approximate surface area is 321 Å². The van der Waals surface area contributed by atoms with E-state index in [4.69, 9.17) is 20.3 Å². The first-order valence-corrected chi connectivity index (χ1v) is 18.5. The van der Waals surface area contributed by atoms with E-state index in [1.165, 1.54) is 23.8 Å². The van der Waals surface area contributed by atoms with Gasteiger partial charge in [0, 0.05) is 18.9 Å². The van der Waals surface area contributed by atoms with Gasteiger partial charge in [0.05, 0.1) is 7.11 Å². The quantitative estimate of drug-likeness (QED) is 0.109. The molecular weight excluding hydrogens is 681 g/mol. The van der Waals surface area contributed by atoms with Gasteiger partial charge in [0.1, 0.15) is 18.2 Å². The van der Waals surface area contributed by atoms with Gasteiger partial charge in [0.25, 0.3) is 0 Å². The molecule has 0 bridgehead atoms. The van der Waals surface area contributed by atoms with Gasteiger partial charge in [-0.2, -0.15) is 0 Å². The smallest absolute Gasteiger partial charge is 0.407 e. The van der Waals surface area contributed by atoms with Gasteiger partial charge in [-0.3, -0.25) is 0 Å². The van der Waals surface area contributed by atoms with Crippen LogP contribution in [-0.4, -0.2) is 55.2 Å². The fourth-order valence-corrected chi connectivity index (χ4v) is 6.10. The number of nitrogens with one attached hydrogen (secondary N) is 1. The molecule has 2 amide bonds. The first-order chi connectivity index (χ1) is 25.5. The molecule has 54 heavy (non-hydrogen) atoms. The van der Waals surface area contributed by atoms with Gasteiger partial charge in [-0.15, -0.1) is 0 Å². The van der Waals surface area contributed by atoms with Crippen molar-refractivity contribution in [1.29, 1.82) is 0 Å². The van der Waals surface area contributed by atoms with Gasteiger partial charge >= 0.3 is 18.2 Å². The minimum atomic E-state index is -0.862. The highest BCUT2D eigenvalue weighted by atomic mass is 16.6. The molecule has 0 heterocycles. The Morgan fingerprint density at radius 3 is 1.83 bits per heavy atom. The van der Waals surface area contributed by atoms with Crippen molar-refractivity contribution in [3.05, 3.63) is 119 Å². The van der Waals surface area contributed by atoms with Crippen molar-refractivity contribution in [2.75, 3.05) is 20.3 Å². The van der Waals surface area contributed by atoms with Gasteiger partial charge in [-0.05, 0) is 96.0 Å². The fraction of sp³-hybridized carbons (Fsp3) is 0.400. The minimum Gasteiger partial charge on any atom is -0.467 e. The van der Waals surface area contributed by atoms with Crippen LogP contribution in [0.25, 0.3) is 22.3 Å². The van der Waals surface area contributed by atoms with Crippen LogP contribution in [0.15, 0.2) is 91.0 Å². The van der Waals surface area contributed by atoms with Crippen LogP contribution in [0.5, 0.6) is 0 Å². The maximum absolute atomic E-state index is 12.9. The number of fused-ring (bicyclic) bond motifs is 3. The zero-order valence-electron chi connectivity index (χ0n) is 33.3. The fourth-order valence-electron chi connectivity index (χ4n) is 6.10. The van der Waals surface area contributed by atoms with E-state index >= 15 is 0 Å². The summed E-state index contributed by atoms with van der Waals surface area (Å²) in [6, 6.07) is 30.1. The number of hydrogen-bond acceptors (Lipinski definition) is 7. The molecule has 1 aliphatic carbocycles. The average molecular weight is 739 g/mol. The Bertz CT molecular complexity index is 1780. The molecule has 0 saturated carbocycles. The molecule has 4 aromatic carbocycles. The van der Waals surface area contributed by atoms with Gasteiger partial charge in [0.2, 0.25) is 0 Å². The van der Waals surface area contributed by atoms with Gasteiger partial charge in [-0.25, -0.2) is 14.4 Å². The molecule has 1 aliphatic rings. The zero-order valence-corrected chi connectivity index (χ0v) is 33.3. The highest BCUT2D eigenvalue weighted by Gasteiger charge is 2.30. The first kappa shape index (κ1) is 43.3. The number of alkyl carbamates (subject to hydrolysis) is 1. The molecular formula is C45H58N2O7. The highest BCUT2D eigenvalue weighted by Crippen LogP contribution is 2.44. The standard InChI is InChI=1S/C35H35NO4.C5H11NO2.C5H12O/c1-22(2)26-17-18-27(23(3)19-26)25-15-13-24(14-16-25)20-33(34(37)39-4)36-35(38)40-21-32-30-11-7-5-9-28(30)29-10-6-8-12-31(29)32;1-5(2,3)8-4(6)7;1-5(2)3-4-6/h5-19,22,32-33H,20-21H2,1-4H3,(H,36,38);1-3H3,(H2,6,7);5-6H,3-4H2,1-2H3. The van der Waals surface area contributed by atoms with Crippen molar-refractivity contribution in [3.63, 3.8) is 0 Å². The molecule has 4 aromatic rings. The van der Waals surface area contributed by atoms with Crippen molar-refractivity contribution in [2.24, 2.45) is 11.7 Å². The van der Waals surface area contributed by atoms with Crippen LogP contribution >= 0.6 is 0 Å². The number of methoxy groups -OCH3 is 1. The second-order valence-electron chi connectivity index (χ2n) is 15.1. The molecule has 0 fully saturated rings. The van der Waals surface area contributed by atoms with E-state index in [-0.39, 0.29) is 12.5 Å². The third-order valence-corrected chi connectivity index (χ3v) is 8.86. The topological polar surface area (TPSA) is 137 Å². The van der Waals surface area contributed by atoms with Gasteiger partial charge < -0.3 is 30.4 Å². The second-order valence-corrected chi connectivity index (χ2v) is 15.1. The molecule has 0 saturated heterocycles. The van der Waals surface area contributed by atoms with E-state index in [1.807, 2.05) is 48.5 Å². The molecule has 5 rings (SSSR count). The Kier molecular flexibility index (Phi) is 16.3. The third kappa shape index (κ3) is 13.1. The Morgan fingerprint density at radius 1 is 0.833 bits per heavy atom. The summed E-state index contributed by atoms with van der Waals surface area (Å²) < 4.78 is 15.2. The number of benzene rings is 4. The lowest BCUT2D eigenvalue weighted by Gasteiger charge is -2.19. The van der Waals surface area contributed by atoms with Crippen molar-refractivity contribution in [3.8, 4) is 22.3 Å². The molecule has 9 nitrogen and oxygen atoms in total. The predicted molar refractivity (Wildman–Crippen MR) is 215 cm³/mol. The maximum atomic E-state index is 12.9. The van der Waals surface area contributed by atoms with Crippen molar-refractivity contribution in [1.82, 2.24) is 5.32 Å². The van der Waals surface area contributed by atoms with Gasteiger partial charge in [0.15, 0.2) is 0 Å². The predicted octanol–water partition coefficient (Wildman–Crippen LogP) is 9.31. The number of esters is 1. The Hall–Kier alpha value is -5.15. The number of aliphatic hydroxyl groups excluding tert-OH is 1. The van der Waals surface area contributed by atoms with E-state index in [9.17, 15) is 14.4 Å². The molecule has 4 N–H and O–H groups in total. The number of amides is 2. The zero-order chi connectivity index (χ0) is 40.0. The first-order valence-electron chi connectivity index (χ1n) is 18.5. The van der Waals surface area contributed by atoms with Crippen LogP contribution < -0.4 is 11.1 Å². The molecule has 0 aromatic heterocycles. The van der Waals surface area contributed by atoms with Crippen LogP contribution in [-0.2, 0) is 25.4 Å². The van der Waals surface area contributed by atoms with E-state index in [2.05, 4.69) is 87.1 Å². The summed E-state index contributed by atoms with van der Waals surface area (Å²) in [6.45, 7) is 16.5. The van der Waals surface area contributed by atoms with Gasteiger partial charge in [-0.1, -0.05) is 119 Å². The molecule has 0 spiro atoms. The number of aryl methyl sites for hydroxylation is 1. The summed E-state index contributed by atoms with van der Waals surface area (Å²) in [6.07, 6.45) is -0.144. The highest BCUT2D eigenvalue weighted by molar-refractivity contribution is 5.82. The van der Waals surface area contributed by atoms with Crippen LogP contribution in [0.3, 0.4) is 0 Å². The van der Waals surface area contributed by atoms with Crippen LogP contribution in [0.4, 0.5) is 9.59 Å². The summed E-state index contributed by atoms with van der Waals surface area (Å²) in [5, 5.41) is 11.0. The number of nitrogens with two attached hydrogens (primary N) is 1. The number of rotatable bonds is 10. The lowest BCUT2D eigenvalue weighted by Crippen LogP contribution is -2.43. The van der Waals surface area contributed by atoms with Crippen molar-refractivity contribution in [2.45, 2.75) is 91.7 Å². The SMILES string of the molecule is CC(C)(C)OC(N)=O.CC(C)CCO.COC(=O)C(Cc1ccc(-c2ccc(C(C)C)cc2C)cc1)NC(=O)OCC1c2ccccc2-c2ccccc21. The summed E-state index contributed by atoms with van der Waals surface area (Å²) in [4.78, 5) is 35.4. The average Bonchev–Trinajstić information content (AvgIpc) is 3.43. The lowest BCUT2D eigenvalue weighted by molar-refractivity contribution is -0.143. The van der Waals surface area contributed by atoms with E-state index in [0.717, 1.165) is 39.8 Å². The third-order valence-electron chi connectivity index (χ3n) is 8.86. The second kappa shape index (κ2) is 20.3. The molecule has 1 atom stereocenters. The minimum absolute atomic E-state index is 0.0552. The Morgan fingerprint density at radius 2 is 1.41 bits per heavy atom. The van der Waals surface area contributed by atoms with Crippen molar-refractivity contribution < 1.29 is 33.7 Å². The van der Waals surface area contributed by atoms with Crippen LogP contribution in [0.1, 0.15) is 94.5 Å². The molecule has 9 heteroatoms. The van der Waals surface area contributed by atoms with E-state index in [0.29, 0.717) is 24.9 Å². The van der Waals surface area contributed by atoms with E-state index < -0.39 is 29.8 Å². The summed E-state index contributed by atoms with van der Waals surface area (Å²) in [7, 11) is 1.32. The number of ether oxygens (including phenoxy) is 3. The molecule has 0 aliphatic heterocycles. The largest absolute Gasteiger partial charge is 0.467 e.